The molecule has 0 unspecified atom stereocenters. The number of nitriles is 1. The van der Waals surface area contributed by atoms with Crippen molar-refractivity contribution in [2.24, 2.45) is 0 Å². The molecule has 7 heteroatoms. The minimum absolute atomic E-state index is 0.00524. The molecule has 0 saturated heterocycles. The van der Waals surface area contributed by atoms with E-state index in [1.165, 1.54) is 97.0 Å². The summed E-state index contributed by atoms with van der Waals surface area (Å²) in [5.41, 5.74) is 20.5. The van der Waals surface area contributed by atoms with Crippen LogP contribution in [0.15, 0.2) is 170 Å². The Labute approximate surface area is 410 Å². The lowest BCUT2D eigenvalue weighted by molar-refractivity contribution is 0.590. The van der Waals surface area contributed by atoms with Gasteiger partial charge < -0.3 is 18.9 Å². The predicted molar refractivity (Wildman–Crippen MR) is 298 cm³/mol. The predicted octanol–water partition coefficient (Wildman–Crippen LogP) is 15.1. The van der Waals surface area contributed by atoms with Gasteiger partial charge in [0.2, 0.25) is 0 Å². The third-order valence-corrected chi connectivity index (χ3v) is 16.9. The number of thiophene rings is 1. The highest BCUT2D eigenvalue weighted by Crippen LogP contribution is 2.53. The fourth-order valence-corrected chi connectivity index (χ4v) is 13.5. The van der Waals surface area contributed by atoms with Crippen LogP contribution in [0.3, 0.4) is 0 Å². The third-order valence-electron chi connectivity index (χ3n) is 15.7. The number of fused-ring (bicyclic) bond motifs is 15. The maximum atomic E-state index is 11.1. The molecule has 0 aliphatic carbocycles. The van der Waals surface area contributed by atoms with Crippen LogP contribution in [0.5, 0.6) is 0 Å². The van der Waals surface area contributed by atoms with Gasteiger partial charge in [-0.15, -0.1) is 11.3 Å². The highest BCUT2D eigenvalue weighted by Gasteiger charge is 2.46. The summed E-state index contributed by atoms with van der Waals surface area (Å²) < 4.78 is 7.50. The van der Waals surface area contributed by atoms with Crippen LogP contribution in [0.2, 0.25) is 0 Å². The molecule has 0 amide bonds. The van der Waals surface area contributed by atoms with Gasteiger partial charge in [-0.25, -0.2) is 0 Å². The second kappa shape index (κ2) is 13.6. The Morgan fingerprint density at radius 2 is 1.07 bits per heavy atom. The van der Waals surface area contributed by atoms with Crippen molar-refractivity contribution in [2.75, 3.05) is 9.80 Å². The van der Waals surface area contributed by atoms with Crippen LogP contribution < -0.4 is 26.2 Å². The largest absolute Gasteiger partial charge is 0.311 e. The van der Waals surface area contributed by atoms with E-state index in [2.05, 4.69) is 236 Å². The third kappa shape index (κ3) is 5.21. The fourth-order valence-electron chi connectivity index (χ4n) is 12.4. The van der Waals surface area contributed by atoms with Crippen molar-refractivity contribution >= 4 is 132 Å². The van der Waals surface area contributed by atoms with Gasteiger partial charge in [-0.3, -0.25) is 0 Å². The fraction of sp³-hybridized carbons (Fsp3) is 0.127. The quantitative estimate of drug-likeness (QED) is 0.162. The standard InChI is InChI=1S/C63H46BN5S/c1-62(2,3)37-21-26-50-44(31-37)45-32-38(63(4,5)6)22-27-51(45)66(50)40-23-25-47-54(34-40)67(39-24-28-58-46(33-39)42-14-8-10-20-57(42)70-58)55-29-36(35-65)30-56-59(55)64(47)48-16-12-19-53-61(48)69(56)52-18-11-15-43-41-13-7-9-17-49(41)68(53)60(43)52/h7-34H,1-6H3. The molecule has 0 fully saturated rings. The van der Waals surface area contributed by atoms with Gasteiger partial charge in [-0.05, 0) is 129 Å². The number of rotatable bonds is 2. The molecule has 0 spiro atoms. The van der Waals surface area contributed by atoms with Gasteiger partial charge in [0.15, 0.2) is 0 Å². The Hall–Kier alpha value is -8.05. The van der Waals surface area contributed by atoms with E-state index in [-0.39, 0.29) is 17.5 Å². The molecule has 5 nitrogen and oxygen atoms in total. The lowest BCUT2D eigenvalue weighted by Gasteiger charge is -2.46. The average molecular weight is 916 g/mol. The van der Waals surface area contributed by atoms with Crippen molar-refractivity contribution in [1.29, 1.82) is 5.26 Å². The van der Waals surface area contributed by atoms with E-state index >= 15 is 0 Å². The summed E-state index contributed by atoms with van der Waals surface area (Å²) in [5.74, 6) is 0. The van der Waals surface area contributed by atoms with Gasteiger partial charge in [-0.1, -0.05) is 120 Å². The van der Waals surface area contributed by atoms with E-state index in [1.54, 1.807) is 0 Å². The summed E-state index contributed by atoms with van der Waals surface area (Å²) in [6.07, 6.45) is 0. The summed E-state index contributed by atoms with van der Waals surface area (Å²) in [5, 5.41) is 18.6. The van der Waals surface area contributed by atoms with Crippen molar-refractivity contribution in [3.63, 3.8) is 0 Å². The normalized spacial score (nSPS) is 13.8. The van der Waals surface area contributed by atoms with Gasteiger partial charge in [-0.2, -0.15) is 5.26 Å². The maximum Gasteiger partial charge on any atom is 0.252 e. The van der Waals surface area contributed by atoms with Gasteiger partial charge >= 0.3 is 0 Å². The number of hydrogen-bond acceptors (Lipinski definition) is 4. The lowest BCUT2D eigenvalue weighted by atomic mass is 9.33. The van der Waals surface area contributed by atoms with Gasteiger partial charge in [0, 0.05) is 70.2 Å². The molecular formula is C63H46BN5S. The molecule has 3 aliphatic rings. The molecule has 0 bridgehead atoms. The van der Waals surface area contributed by atoms with Crippen LogP contribution >= 0.6 is 11.3 Å². The smallest absolute Gasteiger partial charge is 0.252 e. The van der Waals surface area contributed by atoms with E-state index in [4.69, 9.17) is 0 Å². The van der Waals surface area contributed by atoms with Crippen LogP contribution in [-0.2, 0) is 10.8 Å². The first-order valence-electron chi connectivity index (χ1n) is 24.4. The lowest BCUT2D eigenvalue weighted by Crippen LogP contribution is -2.61. The van der Waals surface area contributed by atoms with E-state index in [9.17, 15) is 5.26 Å². The first-order chi connectivity index (χ1) is 33.9. The Bertz CT molecular complexity index is 4300. The van der Waals surface area contributed by atoms with Crippen molar-refractivity contribution in [3.05, 3.63) is 187 Å². The minimum atomic E-state index is -0.112. The van der Waals surface area contributed by atoms with Gasteiger partial charge in [0.25, 0.3) is 6.71 Å². The molecule has 9 aromatic carbocycles. The summed E-state index contributed by atoms with van der Waals surface area (Å²) in [6, 6.07) is 66.4. The van der Waals surface area contributed by atoms with Crippen molar-refractivity contribution in [1.82, 2.24) is 9.13 Å². The van der Waals surface area contributed by atoms with Gasteiger partial charge in [0.05, 0.1) is 50.8 Å². The van der Waals surface area contributed by atoms with Crippen molar-refractivity contribution in [3.8, 4) is 17.4 Å². The monoisotopic (exact) mass is 915 g/mol. The molecule has 6 heterocycles. The number of aromatic nitrogens is 2. The first-order valence-corrected chi connectivity index (χ1v) is 25.2. The molecule has 3 aromatic heterocycles. The zero-order chi connectivity index (χ0) is 47.1. The minimum Gasteiger partial charge on any atom is -0.311 e. The Kier molecular flexibility index (Phi) is 7.75. The molecule has 3 aliphatic heterocycles. The summed E-state index contributed by atoms with van der Waals surface area (Å²) >= 11 is 1.84. The van der Waals surface area contributed by atoms with Crippen LogP contribution in [0, 0.1) is 11.3 Å². The van der Waals surface area contributed by atoms with Crippen LogP contribution in [0.1, 0.15) is 58.2 Å². The number of benzene rings is 9. The summed E-state index contributed by atoms with van der Waals surface area (Å²) in [4.78, 5) is 4.95. The van der Waals surface area contributed by atoms with E-state index in [0.717, 1.165) is 39.8 Å². The molecule has 70 heavy (non-hydrogen) atoms. The van der Waals surface area contributed by atoms with Crippen LogP contribution in [0.4, 0.5) is 34.1 Å². The number of anilines is 6. The second-order valence-electron chi connectivity index (χ2n) is 21.7. The Morgan fingerprint density at radius 1 is 0.443 bits per heavy atom. The van der Waals surface area contributed by atoms with Crippen LogP contribution in [-0.4, -0.2) is 15.8 Å². The number of hydrogen-bond donors (Lipinski definition) is 0. The molecule has 0 N–H and O–H groups in total. The number of nitrogens with zero attached hydrogens (tertiary/aromatic N) is 5. The highest BCUT2D eigenvalue weighted by atomic mass is 32.1. The van der Waals surface area contributed by atoms with Crippen LogP contribution in [0.25, 0.3) is 75.2 Å². The van der Waals surface area contributed by atoms with Gasteiger partial charge in [0.1, 0.15) is 0 Å². The average Bonchev–Trinajstić information content (AvgIpc) is 4.02. The molecule has 12 aromatic rings. The molecule has 15 rings (SSSR count). The maximum absolute atomic E-state index is 11.1. The molecule has 0 radical (unpaired) electrons. The summed E-state index contributed by atoms with van der Waals surface area (Å²) in [6.45, 7) is 13.7. The highest BCUT2D eigenvalue weighted by molar-refractivity contribution is 7.25. The molecule has 332 valence electrons. The zero-order valence-corrected chi connectivity index (χ0v) is 40.7. The second-order valence-corrected chi connectivity index (χ2v) is 22.8. The molecule has 0 atom stereocenters. The van der Waals surface area contributed by atoms with Crippen molar-refractivity contribution in [2.45, 2.75) is 52.4 Å². The zero-order valence-electron chi connectivity index (χ0n) is 39.9. The Morgan fingerprint density at radius 3 is 1.81 bits per heavy atom. The van der Waals surface area contributed by atoms with E-state index in [0.29, 0.717) is 5.56 Å². The van der Waals surface area contributed by atoms with E-state index < -0.39 is 0 Å². The first kappa shape index (κ1) is 39.9. The van der Waals surface area contributed by atoms with Crippen molar-refractivity contribution < 1.29 is 0 Å². The Balaban J connectivity index is 1.05. The molecule has 0 saturated carbocycles. The number of para-hydroxylation sites is 3. The summed E-state index contributed by atoms with van der Waals surface area (Å²) in [7, 11) is 0. The topological polar surface area (TPSA) is 40.1 Å². The SMILES string of the molecule is CC(C)(C)c1ccc2c(c1)c1cc(C(C)(C)C)ccc1n2-c1ccc2c(c1)N(c1ccc3sc4ccccc4c3c1)c1cc(C#N)cc3c1B2c1cccc2c1N3c1cccc3c4ccccc4n-2c13. The van der Waals surface area contributed by atoms with E-state index in [1.807, 2.05) is 11.3 Å². The molecular weight excluding hydrogens is 870 g/mol.